The van der Waals surface area contributed by atoms with Gasteiger partial charge in [0.1, 0.15) is 22.4 Å². The molecule has 4 nitrogen and oxygen atoms in total. The van der Waals surface area contributed by atoms with Crippen molar-refractivity contribution in [2.75, 3.05) is 17.2 Å². The third-order valence-corrected chi connectivity index (χ3v) is 3.72. The molecule has 2 aromatic rings. The third kappa shape index (κ3) is 3.48. The minimum atomic E-state index is 0.769. The summed E-state index contributed by atoms with van der Waals surface area (Å²) in [5, 5.41) is 6.62. The average molecular weight is 335 g/mol. The smallest absolute Gasteiger partial charge is 0.150 e. The molecule has 1 heterocycles. The molecule has 5 heteroatoms. The molecule has 0 radical (unpaired) electrons. The second kappa shape index (κ2) is 6.70. The van der Waals surface area contributed by atoms with Crippen molar-refractivity contribution in [3.8, 4) is 0 Å². The largest absolute Gasteiger partial charge is 0.369 e. The summed E-state index contributed by atoms with van der Waals surface area (Å²) in [6, 6.07) is 6.30. The summed E-state index contributed by atoms with van der Waals surface area (Å²) < 4.78 is 0.855. The maximum absolute atomic E-state index is 4.30. The SMILES string of the molecule is CCCNc1ncnc(Nc2ccc(C)cc2C)c1Br. The van der Waals surface area contributed by atoms with E-state index in [4.69, 9.17) is 0 Å². The summed E-state index contributed by atoms with van der Waals surface area (Å²) in [6.07, 6.45) is 2.62. The van der Waals surface area contributed by atoms with Gasteiger partial charge in [-0.3, -0.25) is 0 Å². The first-order valence-electron chi connectivity index (χ1n) is 6.70. The molecule has 0 aliphatic rings. The summed E-state index contributed by atoms with van der Waals surface area (Å²) in [5.41, 5.74) is 3.50. The van der Waals surface area contributed by atoms with E-state index in [9.17, 15) is 0 Å². The predicted molar refractivity (Wildman–Crippen MR) is 87.7 cm³/mol. The fraction of sp³-hybridized carbons (Fsp3) is 0.333. The maximum atomic E-state index is 4.30. The Bertz CT molecular complexity index is 598. The van der Waals surface area contributed by atoms with Gasteiger partial charge in [-0.15, -0.1) is 0 Å². The fourth-order valence-electron chi connectivity index (χ4n) is 1.91. The number of hydrogen-bond acceptors (Lipinski definition) is 4. The van der Waals surface area contributed by atoms with Gasteiger partial charge in [0.05, 0.1) is 0 Å². The molecule has 0 saturated heterocycles. The topological polar surface area (TPSA) is 49.8 Å². The summed E-state index contributed by atoms with van der Waals surface area (Å²) in [4.78, 5) is 8.54. The van der Waals surface area contributed by atoms with Gasteiger partial charge < -0.3 is 10.6 Å². The van der Waals surface area contributed by atoms with E-state index in [1.165, 1.54) is 11.1 Å². The van der Waals surface area contributed by atoms with E-state index < -0.39 is 0 Å². The molecule has 2 N–H and O–H groups in total. The van der Waals surface area contributed by atoms with Crippen molar-refractivity contribution in [1.82, 2.24) is 9.97 Å². The second-order valence-electron chi connectivity index (χ2n) is 4.76. The van der Waals surface area contributed by atoms with E-state index in [1.54, 1.807) is 6.33 Å². The first-order chi connectivity index (χ1) is 9.61. The Morgan fingerprint density at radius 3 is 2.60 bits per heavy atom. The van der Waals surface area contributed by atoms with E-state index in [0.29, 0.717) is 0 Å². The van der Waals surface area contributed by atoms with Crippen molar-refractivity contribution in [1.29, 1.82) is 0 Å². The Labute approximate surface area is 128 Å². The van der Waals surface area contributed by atoms with E-state index in [0.717, 1.165) is 34.8 Å². The molecule has 0 saturated carbocycles. The standard InChI is InChI=1S/C15H19BrN4/c1-4-7-17-14-13(16)15(19-9-18-14)20-12-6-5-10(2)8-11(12)3/h5-6,8-9H,4,7H2,1-3H3,(H2,17,18,19,20). The molecule has 0 atom stereocenters. The zero-order valence-corrected chi connectivity index (χ0v) is 13.6. The maximum Gasteiger partial charge on any atom is 0.150 e. The lowest BCUT2D eigenvalue weighted by molar-refractivity contribution is 0.962. The highest BCUT2D eigenvalue weighted by atomic mass is 79.9. The van der Waals surface area contributed by atoms with Gasteiger partial charge in [-0.2, -0.15) is 0 Å². The van der Waals surface area contributed by atoms with Gasteiger partial charge in [-0.25, -0.2) is 9.97 Å². The molecule has 1 aromatic heterocycles. The molecule has 106 valence electrons. The number of benzene rings is 1. The average Bonchev–Trinajstić information content (AvgIpc) is 2.42. The molecular weight excluding hydrogens is 316 g/mol. The lowest BCUT2D eigenvalue weighted by Crippen LogP contribution is -2.05. The Morgan fingerprint density at radius 2 is 1.90 bits per heavy atom. The van der Waals surface area contributed by atoms with Crippen LogP contribution in [0.3, 0.4) is 0 Å². The summed E-state index contributed by atoms with van der Waals surface area (Å²) in [7, 11) is 0. The minimum Gasteiger partial charge on any atom is -0.369 e. The number of anilines is 3. The molecule has 0 bridgehead atoms. The molecule has 20 heavy (non-hydrogen) atoms. The van der Waals surface area contributed by atoms with E-state index in [2.05, 4.69) is 75.5 Å². The fourth-order valence-corrected chi connectivity index (χ4v) is 2.35. The van der Waals surface area contributed by atoms with Crippen LogP contribution in [0.15, 0.2) is 29.0 Å². The summed E-state index contributed by atoms with van der Waals surface area (Å²) in [6.45, 7) is 7.18. The van der Waals surface area contributed by atoms with Gasteiger partial charge in [0, 0.05) is 12.2 Å². The van der Waals surface area contributed by atoms with E-state index in [-0.39, 0.29) is 0 Å². The van der Waals surface area contributed by atoms with Crippen molar-refractivity contribution in [3.63, 3.8) is 0 Å². The van der Waals surface area contributed by atoms with Crippen molar-refractivity contribution in [2.45, 2.75) is 27.2 Å². The lowest BCUT2D eigenvalue weighted by atomic mass is 10.1. The van der Waals surface area contributed by atoms with Crippen LogP contribution in [0.1, 0.15) is 24.5 Å². The zero-order chi connectivity index (χ0) is 14.5. The number of hydrogen-bond donors (Lipinski definition) is 2. The van der Waals surface area contributed by atoms with Crippen molar-refractivity contribution < 1.29 is 0 Å². The van der Waals surface area contributed by atoms with Crippen LogP contribution in [0.2, 0.25) is 0 Å². The van der Waals surface area contributed by atoms with Crippen LogP contribution in [0.25, 0.3) is 0 Å². The predicted octanol–water partition coefficient (Wildman–Crippen LogP) is 4.42. The Morgan fingerprint density at radius 1 is 1.15 bits per heavy atom. The van der Waals surface area contributed by atoms with Gasteiger partial charge in [0.2, 0.25) is 0 Å². The zero-order valence-electron chi connectivity index (χ0n) is 12.0. The van der Waals surface area contributed by atoms with Gasteiger partial charge in [0.25, 0.3) is 0 Å². The normalized spacial score (nSPS) is 10.4. The molecule has 0 unspecified atom stereocenters. The molecule has 1 aromatic carbocycles. The van der Waals surface area contributed by atoms with Crippen LogP contribution in [0.4, 0.5) is 17.3 Å². The van der Waals surface area contributed by atoms with Gasteiger partial charge >= 0.3 is 0 Å². The van der Waals surface area contributed by atoms with Crippen LogP contribution in [-0.2, 0) is 0 Å². The van der Waals surface area contributed by atoms with E-state index >= 15 is 0 Å². The van der Waals surface area contributed by atoms with Crippen molar-refractivity contribution in [3.05, 3.63) is 40.1 Å². The van der Waals surface area contributed by atoms with Crippen LogP contribution in [-0.4, -0.2) is 16.5 Å². The molecule has 0 spiro atoms. The van der Waals surface area contributed by atoms with Crippen LogP contribution in [0, 0.1) is 13.8 Å². The second-order valence-corrected chi connectivity index (χ2v) is 5.55. The van der Waals surface area contributed by atoms with Gasteiger partial charge in [-0.1, -0.05) is 24.6 Å². The number of nitrogens with one attached hydrogen (secondary N) is 2. The Hall–Kier alpha value is -1.62. The first kappa shape index (κ1) is 14.8. The number of aryl methyl sites for hydroxylation is 2. The van der Waals surface area contributed by atoms with Crippen LogP contribution in [0.5, 0.6) is 0 Å². The van der Waals surface area contributed by atoms with Crippen molar-refractivity contribution in [2.24, 2.45) is 0 Å². The van der Waals surface area contributed by atoms with Crippen LogP contribution >= 0.6 is 15.9 Å². The molecule has 0 fully saturated rings. The Balaban J connectivity index is 2.24. The summed E-state index contributed by atoms with van der Waals surface area (Å²) in [5.74, 6) is 1.58. The number of aromatic nitrogens is 2. The monoisotopic (exact) mass is 334 g/mol. The van der Waals surface area contributed by atoms with Crippen molar-refractivity contribution >= 4 is 33.3 Å². The van der Waals surface area contributed by atoms with E-state index in [1.807, 2.05) is 0 Å². The first-order valence-corrected chi connectivity index (χ1v) is 7.49. The lowest BCUT2D eigenvalue weighted by Gasteiger charge is -2.13. The summed E-state index contributed by atoms with van der Waals surface area (Å²) >= 11 is 3.56. The van der Waals surface area contributed by atoms with Gasteiger partial charge in [0.15, 0.2) is 0 Å². The molecule has 0 aliphatic carbocycles. The Kier molecular flexibility index (Phi) is 4.95. The minimum absolute atomic E-state index is 0.769. The molecular formula is C15H19BrN4. The highest BCUT2D eigenvalue weighted by Gasteiger charge is 2.09. The van der Waals surface area contributed by atoms with Crippen LogP contribution < -0.4 is 10.6 Å². The quantitative estimate of drug-likeness (QED) is 0.849. The molecule has 0 amide bonds. The third-order valence-electron chi connectivity index (χ3n) is 2.97. The highest BCUT2D eigenvalue weighted by molar-refractivity contribution is 9.10. The highest BCUT2D eigenvalue weighted by Crippen LogP contribution is 2.30. The van der Waals surface area contributed by atoms with Gasteiger partial charge in [-0.05, 0) is 47.8 Å². The number of rotatable bonds is 5. The number of halogens is 1. The molecule has 0 aliphatic heterocycles. The number of nitrogens with zero attached hydrogens (tertiary/aromatic N) is 2. The molecule has 2 rings (SSSR count).